The van der Waals surface area contributed by atoms with Gasteiger partial charge in [0.2, 0.25) is 5.75 Å². The second-order valence-electron chi connectivity index (χ2n) is 4.41. The molecular formula is C15H20N4O. The van der Waals surface area contributed by atoms with Gasteiger partial charge >= 0.3 is 0 Å². The number of nitrogens with zero attached hydrogens (tertiary/aromatic N) is 2. The van der Waals surface area contributed by atoms with Crippen LogP contribution in [0.15, 0.2) is 30.6 Å². The van der Waals surface area contributed by atoms with Gasteiger partial charge in [0.15, 0.2) is 11.6 Å². The van der Waals surface area contributed by atoms with Crippen LogP contribution in [0.2, 0.25) is 0 Å². The molecule has 1 heterocycles. The van der Waals surface area contributed by atoms with Gasteiger partial charge in [0.05, 0.1) is 7.11 Å². The van der Waals surface area contributed by atoms with Crippen LogP contribution in [0, 0.1) is 6.92 Å². The zero-order chi connectivity index (χ0) is 14.4. The second-order valence-corrected chi connectivity index (χ2v) is 4.41. The molecule has 106 valence electrons. The van der Waals surface area contributed by atoms with Gasteiger partial charge < -0.3 is 15.4 Å². The summed E-state index contributed by atoms with van der Waals surface area (Å²) in [5, 5.41) is 6.46. The molecule has 0 radical (unpaired) electrons. The van der Waals surface area contributed by atoms with Gasteiger partial charge in [-0.3, -0.25) is 0 Å². The van der Waals surface area contributed by atoms with E-state index in [0.717, 1.165) is 6.54 Å². The van der Waals surface area contributed by atoms with Crippen molar-refractivity contribution in [3.8, 4) is 5.75 Å². The third-order valence-corrected chi connectivity index (χ3v) is 3.06. The third-order valence-electron chi connectivity index (χ3n) is 3.06. The first-order valence-corrected chi connectivity index (χ1v) is 6.67. The molecule has 0 amide bonds. The Bertz CT molecular complexity index is 572. The Kier molecular flexibility index (Phi) is 4.76. The molecule has 0 saturated carbocycles. The molecule has 0 aliphatic rings. The molecule has 1 aromatic carbocycles. The molecule has 0 atom stereocenters. The number of hydrogen-bond acceptors (Lipinski definition) is 5. The van der Waals surface area contributed by atoms with Gasteiger partial charge in [0.25, 0.3) is 0 Å². The van der Waals surface area contributed by atoms with Gasteiger partial charge in [-0.05, 0) is 25.0 Å². The Morgan fingerprint density at radius 3 is 2.45 bits per heavy atom. The molecular weight excluding hydrogens is 252 g/mol. The van der Waals surface area contributed by atoms with Crippen molar-refractivity contribution in [3.63, 3.8) is 0 Å². The number of aryl methyl sites for hydroxylation is 1. The molecule has 0 saturated heterocycles. The lowest BCUT2D eigenvalue weighted by molar-refractivity contribution is 0.414. The van der Waals surface area contributed by atoms with E-state index in [1.165, 1.54) is 17.5 Å². The molecule has 0 bridgehead atoms. The van der Waals surface area contributed by atoms with E-state index in [1.807, 2.05) is 19.1 Å². The highest BCUT2D eigenvalue weighted by Crippen LogP contribution is 2.29. The molecule has 0 fully saturated rings. The zero-order valence-corrected chi connectivity index (χ0v) is 12.1. The number of benzene rings is 1. The minimum Gasteiger partial charge on any atom is -0.490 e. The Hall–Kier alpha value is -2.30. The van der Waals surface area contributed by atoms with E-state index in [9.17, 15) is 0 Å². The number of anilines is 2. The average Bonchev–Trinajstić information content (AvgIpc) is 2.47. The Morgan fingerprint density at radius 2 is 1.80 bits per heavy atom. The first-order chi connectivity index (χ1) is 9.76. The van der Waals surface area contributed by atoms with Crippen LogP contribution in [0.5, 0.6) is 5.75 Å². The van der Waals surface area contributed by atoms with Crippen LogP contribution < -0.4 is 15.4 Å². The second kappa shape index (κ2) is 6.75. The van der Waals surface area contributed by atoms with E-state index in [-0.39, 0.29) is 0 Å². The first-order valence-electron chi connectivity index (χ1n) is 6.67. The summed E-state index contributed by atoms with van der Waals surface area (Å²) in [5.74, 6) is 2.04. The van der Waals surface area contributed by atoms with Crippen LogP contribution in [0.3, 0.4) is 0 Å². The highest BCUT2D eigenvalue weighted by molar-refractivity contribution is 5.63. The highest BCUT2D eigenvalue weighted by atomic mass is 16.5. The molecule has 5 heteroatoms. The lowest BCUT2D eigenvalue weighted by Crippen LogP contribution is -2.08. The molecule has 0 aliphatic heterocycles. The van der Waals surface area contributed by atoms with Gasteiger partial charge in [-0.25, -0.2) is 9.97 Å². The van der Waals surface area contributed by atoms with Crippen molar-refractivity contribution < 1.29 is 4.74 Å². The van der Waals surface area contributed by atoms with Gasteiger partial charge in [0, 0.05) is 13.1 Å². The molecule has 2 rings (SSSR count). The number of rotatable bonds is 6. The highest BCUT2D eigenvalue weighted by Gasteiger charge is 2.11. The van der Waals surface area contributed by atoms with Gasteiger partial charge in [-0.15, -0.1) is 0 Å². The summed E-state index contributed by atoms with van der Waals surface area (Å²) in [5.41, 5.74) is 2.48. The fourth-order valence-electron chi connectivity index (χ4n) is 1.97. The van der Waals surface area contributed by atoms with Crippen molar-refractivity contribution in [2.45, 2.75) is 20.4 Å². The maximum Gasteiger partial charge on any atom is 0.204 e. The molecule has 2 aromatic rings. The summed E-state index contributed by atoms with van der Waals surface area (Å²) in [6, 6.07) is 8.26. The van der Waals surface area contributed by atoms with Crippen LogP contribution >= 0.6 is 0 Å². The lowest BCUT2D eigenvalue weighted by atomic mass is 10.1. The summed E-state index contributed by atoms with van der Waals surface area (Å²) in [7, 11) is 1.62. The largest absolute Gasteiger partial charge is 0.490 e. The maximum absolute atomic E-state index is 5.40. The summed E-state index contributed by atoms with van der Waals surface area (Å²) >= 11 is 0. The van der Waals surface area contributed by atoms with Crippen molar-refractivity contribution in [3.05, 3.63) is 41.7 Å². The van der Waals surface area contributed by atoms with E-state index in [1.54, 1.807) is 7.11 Å². The quantitative estimate of drug-likeness (QED) is 0.846. The Balaban J connectivity index is 2.17. The molecule has 20 heavy (non-hydrogen) atoms. The Labute approximate surface area is 119 Å². The van der Waals surface area contributed by atoms with Crippen molar-refractivity contribution in [2.75, 3.05) is 24.3 Å². The molecule has 0 aliphatic carbocycles. The van der Waals surface area contributed by atoms with Crippen molar-refractivity contribution in [2.24, 2.45) is 0 Å². The summed E-state index contributed by atoms with van der Waals surface area (Å²) in [4.78, 5) is 8.44. The van der Waals surface area contributed by atoms with Crippen molar-refractivity contribution >= 4 is 11.6 Å². The Morgan fingerprint density at radius 1 is 1.10 bits per heavy atom. The standard InChI is InChI=1S/C15H20N4O/c1-4-16-14-13(20-3)15(19-10-18-14)17-9-12-8-6-5-7-11(12)2/h5-8,10H,4,9H2,1-3H3,(H2,16,17,18,19). The topological polar surface area (TPSA) is 59.1 Å². The summed E-state index contributed by atoms with van der Waals surface area (Å²) in [6.07, 6.45) is 1.53. The van der Waals surface area contributed by atoms with Crippen LogP contribution in [0.1, 0.15) is 18.1 Å². The van der Waals surface area contributed by atoms with Crippen molar-refractivity contribution in [1.82, 2.24) is 9.97 Å². The van der Waals surface area contributed by atoms with Crippen LogP contribution in [0.25, 0.3) is 0 Å². The minimum absolute atomic E-state index is 0.642. The van der Waals surface area contributed by atoms with E-state index < -0.39 is 0 Å². The van der Waals surface area contributed by atoms with E-state index >= 15 is 0 Å². The van der Waals surface area contributed by atoms with Gasteiger partial charge in [-0.1, -0.05) is 24.3 Å². The maximum atomic E-state index is 5.40. The average molecular weight is 272 g/mol. The van der Waals surface area contributed by atoms with E-state index in [2.05, 4.69) is 39.7 Å². The fraction of sp³-hybridized carbons (Fsp3) is 0.333. The van der Waals surface area contributed by atoms with Crippen LogP contribution in [0.4, 0.5) is 11.6 Å². The number of methoxy groups -OCH3 is 1. The number of hydrogen-bond donors (Lipinski definition) is 2. The molecule has 0 unspecified atom stereocenters. The van der Waals surface area contributed by atoms with Crippen molar-refractivity contribution in [1.29, 1.82) is 0 Å². The molecule has 2 N–H and O–H groups in total. The first kappa shape index (κ1) is 14.1. The zero-order valence-electron chi connectivity index (χ0n) is 12.1. The summed E-state index contributed by atoms with van der Waals surface area (Å²) < 4.78 is 5.40. The summed E-state index contributed by atoms with van der Waals surface area (Å²) in [6.45, 7) is 5.59. The number of aromatic nitrogens is 2. The normalized spacial score (nSPS) is 10.2. The van der Waals surface area contributed by atoms with Crippen LogP contribution in [-0.4, -0.2) is 23.6 Å². The number of ether oxygens (including phenoxy) is 1. The predicted molar refractivity (Wildman–Crippen MR) is 81.3 cm³/mol. The van der Waals surface area contributed by atoms with E-state index in [0.29, 0.717) is 23.9 Å². The fourth-order valence-corrected chi connectivity index (χ4v) is 1.97. The number of nitrogens with one attached hydrogen (secondary N) is 2. The third kappa shape index (κ3) is 3.17. The monoisotopic (exact) mass is 272 g/mol. The van der Waals surface area contributed by atoms with E-state index in [4.69, 9.17) is 4.74 Å². The van der Waals surface area contributed by atoms with Gasteiger partial charge in [-0.2, -0.15) is 0 Å². The lowest BCUT2D eigenvalue weighted by Gasteiger charge is -2.14. The van der Waals surface area contributed by atoms with Crippen LogP contribution in [-0.2, 0) is 6.54 Å². The molecule has 5 nitrogen and oxygen atoms in total. The molecule has 0 spiro atoms. The SMILES string of the molecule is CCNc1ncnc(NCc2ccccc2C)c1OC. The smallest absolute Gasteiger partial charge is 0.204 e. The predicted octanol–water partition coefficient (Wildman–Crippen LogP) is 2.84. The minimum atomic E-state index is 0.642. The van der Waals surface area contributed by atoms with Gasteiger partial charge in [0.1, 0.15) is 6.33 Å². The molecule has 1 aromatic heterocycles.